The van der Waals surface area contributed by atoms with Gasteiger partial charge in [0.1, 0.15) is 0 Å². The Morgan fingerprint density at radius 3 is 1.20 bits per heavy atom. The Morgan fingerprint density at radius 2 is 0.920 bits per heavy atom. The molecule has 9 N–H and O–H groups in total. The average molecular weight is 367 g/mol. The third kappa shape index (κ3) is 15.6. The van der Waals surface area contributed by atoms with Crippen molar-refractivity contribution in [3.63, 3.8) is 0 Å². The highest BCUT2D eigenvalue weighted by molar-refractivity contribution is 4.79. The molecule has 0 unspecified atom stereocenters. The first kappa shape index (κ1) is 26.9. The van der Waals surface area contributed by atoms with E-state index in [0.717, 1.165) is 32.3 Å². The third-order valence-electron chi connectivity index (χ3n) is 3.46. The average Bonchev–Trinajstić information content (AvgIpc) is 2.60. The van der Waals surface area contributed by atoms with Crippen molar-refractivity contribution in [2.24, 2.45) is 22.6 Å². The van der Waals surface area contributed by atoms with E-state index in [4.69, 9.17) is 36.1 Å². The van der Waals surface area contributed by atoms with Crippen LogP contribution in [0.1, 0.15) is 32.6 Å². The van der Waals surface area contributed by atoms with E-state index in [9.17, 15) is 0 Å². The van der Waals surface area contributed by atoms with E-state index in [1.165, 1.54) is 0 Å². The van der Waals surface area contributed by atoms with Crippen molar-refractivity contribution in [1.29, 1.82) is 0 Å². The molecule has 0 aromatic rings. The molecule has 0 atom stereocenters. The molecule has 0 rings (SSSR count). The fraction of sp³-hybridized carbons (Fsp3) is 1.00. The number of nitrogens with two attached hydrogens (primary N) is 3. The zero-order valence-electron chi connectivity index (χ0n) is 16.2. The predicted molar refractivity (Wildman–Crippen MR) is 102 cm³/mol. The van der Waals surface area contributed by atoms with Crippen molar-refractivity contribution in [2.45, 2.75) is 32.6 Å². The standard InChI is InChI=1S/C17H39N3O4.H3N/c1-2-9-21-13-17(14-22-10-3-6-18,15-23-11-4-7-19)16-24-12-5-8-20;/h2-16,18-20H2,1H3;1H3. The monoisotopic (exact) mass is 366 g/mol. The van der Waals surface area contributed by atoms with Crippen molar-refractivity contribution in [1.82, 2.24) is 6.15 Å². The summed E-state index contributed by atoms with van der Waals surface area (Å²) in [5.41, 5.74) is 16.3. The summed E-state index contributed by atoms with van der Waals surface area (Å²) in [4.78, 5) is 0. The quantitative estimate of drug-likeness (QED) is 0.243. The van der Waals surface area contributed by atoms with E-state index in [1.54, 1.807) is 0 Å². The molecule has 8 nitrogen and oxygen atoms in total. The van der Waals surface area contributed by atoms with Gasteiger partial charge in [-0.3, -0.25) is 0 Å². The summed E-state index contributed by atoms with van der Waals surface area (Å²) in [5.74, 6) is 0. The lowest BCUT2D eigenvalue weighted by Crippen LogP contribution is -2.42. The Morgan fingerprint density at radius 1 is 0.600 bits per heavy atom. The fourth-order valence-electron chi connectivity index (χ4n) is 2.11. The first-order chi connectivity index (χ1) is 11.7. The van der Waals surface area contributed by atoms with Crippen LogP contribution in [0.2, 0.25) is 0 Å². The molecule has 0 bridgehead atoms. The number of hydrogen-bond acceptors (Lipinski definition) is 8. The van der Waals surface area contributed by atoms with Crippen LogP contribution in [0, 0.1) is 5.41 Å². The minimum absolute atomic E-state index is 0. The van der Waals surface area contributed by atoms with Crippen LogP contribution in [0.25, 0.3) is 0 Å². The van der Waals surface area contributed by atoms with Gasteiger partial charge in [-0.05, 0) is 45.3 Å². The van der Waals surface area contributed by atoms with E-state index in [0.29, 0.717) is 65.9 Å². The Bertz CT molecular complexity index is 230. The number of rotatable bonds is 19. The molecular weight excluding hydrogens is 324 g/mol. The second-order valence-corrected chi connectivity index (χ2v) is 6.14. The Balaban J connectivity index is 0. The molecule has 0 aliphatic rings. The molecule has 25 heavy (non-hydrogen) atoms. The van der Waals surface area contributed by atoms with E-state index in [2.05, 4.69) is 6.92 Å². The lowest BCUT2D eigenvalue weighted by atomic mass is 9.92. The maximum absolute atomic E-state index is 5.81. The van der Waals surface area contributed by atoms with Crippen molar-refractivity contribution in [3.05, 3.63) is 0 Å². The van der Waals surface area contributed by atoms with Gasteiger partial charge < -0.3 is 42.3 Å². The maximum atomic E-state index is 5.81. The van der Waals surface area contributed by atoms with Gasteiger partial charge in [0, 0.05) is 26.4 Å². The molecule has 0 saturated carbocycles. The first-order valence-corrected chi connectivity index (χ1v) is 9.16. The Labute approximate surface area is 153 Å². The van der Waals surface area contributed by atoms with Gasteiger partial charge in [0.25, 0.3) is 0 Å². The highest BCUT2D eigenvalue weighted by Crippen LogP contribution is 2.21. The van der Waals surface area contributed by atoms with Crippen LogP contribution in [0.15, 0.2) is 0 Å². The molecule has 0 aromatic carbocycles. The molecule has 8 heteroatoms. The molecule has 0 amide bonds. The van der Waals surface area contributed by atoms with E-state index in [-0.39, 0.29) is 11.6 Å². The van der Waals surface area contributed by atoms with Gasteiger partial charge in [-0.2, -0.15) is 0 Å². The molecule has 0 aliphatic carbocycles. The van der Waals surface area contributed by atoms with Crippen LogP contribution < -0.4 is 23.4 Å². The molecule has 0 spiro atoms. The Hall–Kier alpha value is -0.320. The summed E-state index contributed by atoms with van der Waals surface area (Å²) in [7, 11) is 0. The summed E-state index contributed by atoms with van der Waals surface area (Å²) in [5, 5.41) is 0. The summed E-state index contributed by atoms with van der Waals surface area (Å²) < 4.78 is 23.3. The second kappa shape index (κ2) is 20.0. The van der Waals surface area contributed by atoms with Crippen molar-refractivity contribution in [2.75, 3.05) is 72.5 Å². The fourth-order valence-corrected chi connectivity index (χ4v) is 2.11. The maximum Gasteiger partial charge on any atom is 0.0637 e. The van der Waals surface area contributed by atoms with Crippen molar-refractivity contribution < 1.29 is 18.9 Å². The third-order valence-corrected chi connectivity index (χ3v) is 3.46. The van der Waals surface area contributed by atoms with Gasteiger partial charge in [-0.15, -0.1) is 0 Å². The number of ether oxygens (including phenoxy) is 4. The molecule has 0 aliphatic heterocycles. The van der Waals surface area contributed by atoms with Crippen molar-refractivity contribution in [3.8, 4) is 0 Å². The minimum Gasteiger partial charge on any atom is -0.381 e. The van der Waals surface area contributed by atoms with E-state index >= 15 is 0 Å². The predicted octanol–water partition coefficient (Wildman–Crippen LogP) is 0.658. The lowest BCUT2D eigenvalue weighted by molar-refractivity contribution is -0.107. The molecular formula is C17H42N4O4. The van der Waals surface area contributed by atoms with Gasteiger partial charge in [0.05, 0.1) is 31.8 Å². The van der Waals surface area contributed by atoms with Crippen LogP contribution in [-0.2, 0) is 18.9 Å². The second-order valence-electron chi connectivity index (χ2n) is 6.14. The van der Waals surface area contributed by atoms with E-state index < -0.39 is 0 Å². The summed E-state index contributed by atoms with van der Waals surface area (Å²) >= 11 is 0. The highest BCUT2D eigenvalue weighted by atomic mass is 16.5. The number of hydrogen-bond donors (Lipinski definition) is 4. The molecule has 0 radical (unpaired) electrons. The van der Waals surface area contributed by atoms with Crippen LogP contribution in [-0.4, -0.2) is 72.5 Å². The van der Waals surface area contributed by atoms with Crippen LogP contribution in [0.3, 0.4) is 0 Å². The van der Waals surface area contributed by atoms with E-state index in [1.807, 2.05) is 0 Å². The first-order valence-electron chi connectivity index (χ1n) is 9.16. The molecule has 154 valence electrons. The smallest absolute Gasteiger partial charge is 0.0637 e. The Kier molecular flexibility index (Phi) is 21.5. The highest BCUT2D eigenvalue weighted by Gasteiger charge is 2.32. The molecule has 0 saturated heterocycles. The molecule has 0 heterocycles. The van der Waals surface area contributed by atoms with Gasteiger partial charge in [-0.1, -0.05) is 6.92 Å². The summed E-state index contributed by atoms with van der Waals surface area (Å²) in [6.45, 7) is 8.73. The van der Waals surface area contributed by atoms with Gasteiger partial charge in [-0.25, -0.2) is 0 Å². The van der Waals surface area contributed by atoms with Crippen LogP contribution >= 0.6 is 0 Å². The lowest BCUT2D eigenvalue weighted by Gasteiger charge is -2.33. The van der Waals surface area contributed by atoms with Crippen molar-refractivity contribution >= 4 is 0 Å². The van der Waals surface area contributed by atoms with Gasteiger partial charge >= 0.3 is 0 Å². The normalized spacial score (nSPS) is 11.5. The van der Waals surface area contributed by atoms with Gasteiger partial charge in [0.2, 0.25) is 0 Å². The zero-order chi connectivity index (χ0) is 17.9. The van der Waals surface area contributed by atoms with Crippen LogP contribution in [0.4, 0.5) is 0 Å². The van der Waals surface area contributed by atoms with Crippen LogP contribution in [0.5, 0.6) is 0 Å². The largest absolute Gasteiger partial charge is 0.381 e. The zero-order valence-corrected chi connectivity index (χ0v) is 16.2. The topological polar surface area (TPSA) is 150 Å². The van der Waals surface area contributed by atoms with Gasteiger partial charge in [0.15, 0.2) is 0 Å². The minimum atomic E-state index is -0.313. The SMILES string of the molecule is CCCOCC(COCCCN)(COCCCN)COCCCN.N. The molecule has 0 fully saturated rings. The molecule has 0 aromatic heterocycles. The summed E-state index contributed by atoms with van der Waals surface area (Å²) in [6, 6.07) is 0. The summed E-state index contributed by atoms with van der Waals surface area (Å²) in [6.07, 6.45) is 3.50.